The van der Waals surface area contributed by atoms with E-state index in [0.29, 0.717) is 0 Å². The van der Waals surface area contributed by atoms with Gasteiger partial charge in [0.2, 0.25) is 15.9 Å². The Labute approximate surface area is 94.5 Å². The molecule has 0 aromatic rings. The second-order valence-electron chi connectivity index (χ2n) is 3.59. The van der Waals surface area contributed by atoms with E-state index in [1.54, 1.807) is 0 Å². The zero-order valence-corrected chi connectivity index (χ0v) is 10.2. The minimum absolute atomic E-state index is 0.200. The molecule has 94 valence electrons. The average molecular weight is 252 g/mol. The van der Waals surface area contributed by atoms with Gasteiger partial charge in [0.15, 0.2) is 0 Å². The van der Waals surface area contributed by atoms with Crippen LogP contribution in [0.4, 0.5) is 0 Å². The van der Waals surface area contributed by atoms with Crippen molar-refractivity contribution in [3.63, 3.8) is 0 Å². The number of hydrogen-bond acceptors (Lipinski definition) is 4. The summed E-state index contributed by atoms with van der Waals surface area (Å²) in [4.78, 5) is 21.6. The first-order valence-electron chi connectivity index (χ1n) is 4.55. The number of sulfonamides is 1. The second kappa shape index (κ2) is 5.80. The van der Waals surface area contributed by atoms with Crippen molar-refractivity contribution in [3.05, 3.63) is 0 Å². The Hall–Kier alpha value is -1.15. The molecule has 0 bridgehead atoms. The molecule has 0 saturated heterocycles. The van der Waals surface area contributed by atoms with E-state index in [2.05, 4.69) is 5.32 Å². The van der Waals surface area contributed by atoms with Crippen LogP contribution in [0.15, 0.2) is 0 Å². The van der Waals surface area contributed by atoms with Crippen LogP contribution in [-0.4, -0.2) is 55.6 Å². The molecule has 0 aliphatic carbocycles. The van der Waals surface area contributed by atoms with Gasteiger partial charge in [-0.25, -0.2) is 8.42 Å². The highest BCUT2D eigenvalue weighted by atomic mass is 32.2. The summed E-state index contributed by atoms with van der Waals surface area (Å²) in [7, 11) is -2.13. The third-order valence-corrected chi connectivity index (χ3v) is 3.08. The van der Waals surface area contributed by atoms with E-state index in [1.165, 1.54) is 14.0 Å². The lowest BCUT2D eigenvalue weighted by Crippen LogP contribution is -2.42. The van der Waals surface area contributed by atoms with Crippen molar-refractivity contribution in [1.29, 1.82) is 0 Å². The number of likely N-dealkylation sites (N-methyl/N-ethyl adjacent to an activating group) is 1. The van der Waals surface area contributed by atoms with Crippen LogP contribution in [0.5, 0.6) is 0 Å². The molecule has 7 nitrogen and oxygen atoms in total. The van der Waals surface area contributed by atoms with Gasteiger partial charge in [0.1, 0.15) is 0 Å². The minimum Gasteiger partial charge on any atom is -0.481 e. The molecule has 0 fully saturated rings. The molecule has 0 aliphatic rings. The fourth-order valence-corrected chi connectivity index (χ4v) is 1.30. The molecule has 1 atom stereocenters. The lowest BCUT2D eigenvalue weighted by atomic mass is 10.2. The Morgan fingerprint density at radius 1 is 1.44 bits per heavy atom. The third-order valence-electron chi connectivity index (χ3n) is 1.82. The summed E-state index contributed by atoms with van der Waals surface area (Å²) in [6.45, 7) is 1.22. The highest BCUT2D eigenvalue weighted by Crippen LogP contribution is 1.94. The van der Waals surface area contributed by atoms with Gasteiger partial charge < -0.3 is 10.4 Å². The van der Waals surface area contributed by atoms with Crippen molar-refractivity contribution in [2.75, 3.05) is 19.8 Å². The summed E-state index contributed by atoms with van der Waals surface area (Å²) >= 11 is 0. The Bertz CT molecular complexity index is 365. The summed E-state index contributed by atoms with van der Waals surface area (Å²) in [6.07, 6.45) is 0.787. The quantitative estimate of drug-likeness (QED) is 0.621. The molecule has 2 N–H and O–H groups in total. The van der Waals surface area contributed by atoms with Gasteiger partial charge in [-0.1, -0.05) is 0 Å². The fraction of sp³-hybridized carbons (Fsp3) is 0.750. The van der Waals surface area contributed by atoms with E-state index in [9.17, 15) is 18.0 Å². The summed E-state index contributed by atoms with van der Waals surface area (Å²) in [5.74, 6) is -1.55. The maximum atomic E-state index is 11.3. The second-order valence-corrected chi connectivity index (χ2v) is 5.67. The van der Waals surface area contributed by atoms with Crippen LogP contribution in [0, 0.1) is 0 Å². The highest BCUT2D eigenvalue weighted by molar-refractivity contribution is 7.88. The van der Waals surface area contributed by atoms with E-state index in [-0.39, 0.29) is 13.0 Å². The van der Waals surface area contributed by atoms with Crippen LogP contribution >= 0.6 is 0 Å². The van der Waals surface area contributed by atoms with Crippen LogP contribution in [0.1, 0.15) is 13.3 Å². The van der Waals surface area contributed by atoms with E-state index in [1.807, 2.05) is 0 Å². The average Bonchev–Trinajstić information content (AvgIpc) is 1.98. The molecule has 0 spiro atoms. The standard InChI is InChI=1S/C8H16N2O5S/c1-6(4-8(12)13)9-7(11)5-10(2)16(3,14)15/h6H,4-5H2,1-3H3,(H,9,11)(H,12,13). The van der Waals surface area contributed by atoms with Gasteiger partial charge in [-0.2, -0.15) is 4.31 Å². The molecule has 0 aromatic heterocycles. The molecule has 0 heterocycles. The molecule has 0 aliphatic heterocycles. The third kappa shape index (κ3) is 6.36. The number of aliphatic carboxylic acids is 1. The van der Waals surface area contributed by atoms with Gasteiger partial charge in [-0.15, -0.1) is 0 Å². The predicted molar refractivity (Wildman–Crippen MR) is 57.3 cm³/mol. The van der Waals surface area contributed by atoms with E-state index in [4.69, 9.17) is 5.11 Å². The van der Waals surface area contributed by atoms with E-state index >= 15 is 0 Å². The normalized spacial score (nSPS) is 13.5. The topological polar surface area (TPSA) is 104 Å². The number of nitrogens with zero attached hydrogens (tertiary/aromatic N) is 1. The maximum Gasteiger partial charge on any atom is 0.305 e. The van der Waals surface area contributed by atoms with Crippen LogP contribution in [-0.2, 0) is 19.6 Å². The van der Waals surface area contributed by atoms with Crippen molar-refractivity contribution >= 4 is 21.9 Å². The summed E-state index contributed by atoms with van der Waals surface area (Å²) in [5, 5.41) is 10.8. The van der Waals surface area contributed by atoms with E-state index < -0.39 is 27.9 Å². The lowest BCUT2D eigenvalue weighted by molar-refractivity contribution is -0.137. The van der Waals surface area contributed by atoms with Crippen molar-refractivity contribution in [1.82, 2.24) is 9.62 Å². The largest absolute Gasteiger partial charge is 0.481 e. The Kier molecular flexibility index (Phi) is 5.39. The fourth-order valence-electron chi connectivity index (χ4n) is 0.953. The lowest BCUT2D eigenvalue weighted by Gasteiger charge is -2.16. The zero-order valence-electron chi connectivity index (χ0n) is 9.43. The van der Waals surface area contributed by atoms with Crippen molar-refractivity contribution in [3.8, 4) is 0 Å². The first-order chi connectivity index (χ1) is 7.12. The molecule has 1 amide bonds. The number of carbonyl (C=O) groups excluding carboxylic acids is 1. The summed E-state index contributed by atoms with van der Waals surface area (Å²) in [6, 6.07) is -0.530. The van der Waals surface area contributed by atoms with Gasteiger partial charge in [0.25, 0.3) is 0 Å². The molecular formula is C8H16N2O5S. The monoisotopic (exact) mass is 252 g/mol. The Morgan fingerprint density at radius 3 is 2.31 bits per heavy atom. The minimum atomic E-state index is -3.40. The van der Waals surface area contributed by atoms with E-state index in [0.717, 1.165) is 10.6 Å². The SMILES string of the molecule is CC(CC(=O)O)NC(=O)CN(C)S(C)(=O)=O. The molecule has 0 aromatic carbocycles. The van der Waals surface area contributed by atoms with Gasteiger partial charge in [-0.05, 0) is 6.92 Å². The van der Waals surface area contributed by atoms with Crippen molar-refractivity contribution < 1.29 is 23.1 Å². The number of amides is 1. The molecule has 0 saturated carbocycles. The number of nitrogens with one attached hydrogen (secondary N) is 1. The number of carbonyl (C=O) groups is 2. The summed E-state index contributed by atoms with van der Waals surface area (Å²) in [5.41, 5.74) is 0. The van der Waals surface area contributed by atoms with Gasteiger partial charge in [0.05, 0.1) is 19.2 Å². The zero-order chi connectivity index (χ0) is 12.9. The molecule has 1 unspecified atom stereocenters. The Morgan fingerprint density at radius 2 is 1.94 bits per heavy atom. The van der Waals surface area contributed by atoms with Gasteiger partial charge in [0, 0.05) is 13.1 Å². The molecule has 0 rings (SSSR count). The van der Waals surface area contributed by atoms with Crippen LogP contribution < -0.4 is 5.32 Å². The first-order valence-corrected chi connectivity index (χ1v) is 6.40. The molecule has 16 heavy (non-hydrogen) atoms. The van der Waals surface area contributed by atoms with Gasteiger partial charge >= 0.3 is 5.97 Å². The van der Waals surface area contributed by atoms with Crippen molar-refractivity contribution in [2.45, 2.75) is 19.4 Å². The number of carboxylic acids is 1. The summed E-state index contributed by atoms with van der Waals surface area (Å²) < 4.78 is 22.8. The first kappa shape index (κ1) is 14.8. The Balaban J connectivity index is 4.14. The number of hydrogen-bond donors (Lipinski definition) is 2. The molecule has 8 heteroatoms. The predicted octanol–water partition coefficient (Wildman–Crippen LogP) is -1.14. The van der Waals surface area contributed by atoms with Crippen LogP contribution in [0.2, 0.25) is 0 Å². The molecular weight excluding hydrogens is 236 g/mol. The van der Waals surface area contributed by atoms with Crippen molar-refractivity contribution in [2.24, 2.45) is 0 Å². The maximum absolute atomic E-state index is 11.3. The smallest absolute Gasteiger partial charge is 0.305 e. The molecule has 0 radical (unpaired) electrons. The van der Waals surface area contributed by atoms with Crippen LogP contribution in [0.3, 0.4) is 0 Å². The number of rotatable bonds is 6. The van der Waals surface area contributed by atoms with Crippen LogP contribution in [0.25, 0.3) is 0 Å². The highest BCUT2D eigenvalue weighted by Gasteiger charge is 2.17. The number of carboxylic acid groups (broad SMARTS) is 1. The van der Waals surface area contributed by atoms with Gasteiger partial charge in [-0.3, -0.25) is 9.59 Å².